The van der Waals surface area contributed by atoms with Crippen LogP contribution in [0.1, 0.15) is 48.0 Å². The summed E-state index contributed by atoms with van der Waals surface area (Å²) in [6.45, 7) is 10.6. The summed E-state index contributed by atoms with van der Waals surface area (Å²) in [5.41, 5.74) is 1.60. The molecule has 3 unspecified atom stereocenters. The van der Waals surface area contributed by atoms with Gasteiger partial charge in [-0.15, -0.1) is 0 Å². The fourth-order valence-corrected chi connectivity index (χ4v) is 5.03. The van der Waals surface area contributed by atoms with E-state index in [1.165, 1.54) is 4.90 Å². The molecule has 2 heterocycles. The molecule has 0 radical (unpaired) electrons. The number of carbonyl (C=O) groups excluding carboxylic acids is 2. The number of amides is 2. The number of alkyl carbamates (subject to hydrolysis) is 1. The second-order valence-electron chi connectivity index (χ2n) is 12.9. The van der Waals surface area contributed by atoms with Gasteiger partial charge in [0, 0.05) is 29.7 Å². The zero-order valence-corrected chi connectivity index (χ0v) is 26.3. The Labute approximate surface area is 258 Å². The molecule has 1 fully saturated rings. The van der Waals surface area contributed by atoms with Crippen molar-refractivity contribution in [2.24, 2.45) is 5.41 Å². The number of ether oxygens (including phenoxy) is 3. The minimum Gasteiger partial charge on any atom is -0.497 e. The lowest BCUT2D eigenvalue weighted by Crippen LogP contribution is -2.57. The number of carboxylic acid groups (broad SMARTS) is 1. The molecule has 10 nitrogen and oxygen atoms in total. The number of hydrogen-bond acceptors (Lipinski definition) is 7. The first-order chi connectivity index (χ1) is 20.6. The Hall–Kier alpha value is -4.60. The highest BCUT2D eigenvalue weighted by atomic mass is 16.6. The molecule has 2 amide bonds. The van der Waals surface area contributed by atoms with Crippen LogP contribution >= 0.6 is 0 Å². The predicted molar refractivity (Wildman–Crippen MR) is 166 cm³/mol. The number of nitrogens with one attached hydrogen (secondary N) is 1. The summed E-state index contributed by atoms with van der Waals surface area (Å²) in [4.78, 5) is 45.0. The molecular weight excluding hydrogens is 562 g/mol. The highest BCUT2D eigenvalue weighted by molar-refractivity contribution is 5.90. The highest BCUT2D eigenvalue weighted by Crippen LogP contribution is 2.33. The van der Waals surface area contributed by atoms with Gasteiger partial charge in [0.15, 0.2) is 0 Å². The summed E-state index contributed by atoms with van der Waals surface area (Å²) in [5.74, 6) is -0.449. The van der Waals surface area contributed by atoms with E-state index in [9.17, 15) is 19.5 Å². The fourth-order valence-electron chi connectivity index (χ4n) is 5.03. The Morgan fingerprint density at radius 3 is 2.02 bits per heavy atom. The summed E-state index contributed by atoms with van der Waals surface area (Å²) in [6.07, 6.45) is -1.29. The third kappa shape index (κ3) is 8.06. The third-order valence-electron chi connectivity index (χ3n) is 7.16. The molecule has 4 rings (SSSR count). The molecule has 2 aromatic carbocycles. The van der Waals surface area contributed by atoms with Crippen LogP contribution in [0.4, 0.5) is 4.79 Å². The number of pyridine rings is 1. The van der Waals surface area contributed by atoms with E-state index < -0.39 is 47.2 Å². The van der Waals surface area contributed by atoms with E-state index in [4.69, 9.17) is 19.2 Å². The van der Waals surface area contributed by atoms with E-state index in [0.29, 0.717) is 17.1 Å². The van der Waals surface area contributed by atoms with Crippen LogP contribution in [0.3, 0.4) is 0 Å². The molecule has 1 aliphatic rings. The third-order valence-corrected chi connectivity index (χ3v) is 7.16. The molecular formula is C34H41N3O7. The summed E-state index contributed by atoms with van der Waals surface area (Å²) in [5, 5.41) is 12.8. The van der Waals surface area contributed by atoms with Crippen LogP contribution < -0.4 is 14.8 Å². The average molecular weight is 604 g/mol. The largest absolute Gasteiger partial charge is 0.497 e. The summed E-state index contributed by atoms with van der Waals surface area (Å²) in [6, 6.07) is 18.6. The molecule has 1 aromatic heterocycles. The van der Waals surface area contributed by atoms with Gasteiger partial charge in [-0.25, -0.2) is 14.6 Å². The summed E-state index contributed by atoms with van der Waals surface area (Å²) in [7, 11) is 1.60. The molecule has 10 heteroatoms. The van der Waals surface area contributed by atoms with Gasteiger partial charge < -0.3 is 29.5 Å². The number of hydrogen-bond donors (Lipinski definition) is 2. The number of carboxylic acids is 1. The van der Waals surface area contributed by atoms with Crippen LogP contribution in [0.25, 0.3) is 22.5 Å². The molecule has 1 aliphatic heterocycles. The average Bonchev–Trinajstić information content (AvgIpc) is 3.38. The maximum Gasteiger partial charge on any atom is 0.408 e. The molecule has 3 atom stereocenters. The monoisotopic (exact) mass is 603 g/mol. The van der Waals surface area contributed by atoms with E-state index in [2.05, 4.69) is 5.32 Å². The van der Waals surface area contributed by atoms with Crippen LogP contribution in [0.5, 0.6) is 11.5 Å². The van der Waals surface area contributed by atoms with E-state index in [-0.39, 0.29) is 13.0 Å². The first-order valence-corrected chi connectivity index (χ1v) is 14.6. The number of benzene rings is 2. The van der Waals surface area contributed by atoms with Crippen molar-refractivity contribution < 1.29 is 33.7 Å². The minimum absolute atomic E-state index is 0.0270. The van der Waals surface area contributed by atoms with Crippen molar-refractivity contribution in [3.63, 3.8) is 0 Å². The van der Waals surface area contributed by atoms with Crippen LogP contribution in [-0.4, -0.2) is 70.4 Å². The van der Waals surface area contributed by atoms with Crippen molar-refractivity contribution in [3.05, 3.63) is 66.7 Å². The number of methoxy groups -OCH3 is 1. The van der Waals surface area contributed by atoms with E-state index in [1.54, 1.807) is 54.7 Å². The second-order valence-corrected chi connectivity index (χ2v) is 12.9. The number of aliphatic carboxylic acids is 1. The van der Waals surface area contributed by atoms with Gasteiger partial charge in [-0.2, -0.15) is 0 Å². The smallest absolute Gasteiger partial charge is 0.408 e. The van der Waals surface area contributed by atoms with Gasteiger partial charge >= 0.3 is 12.1 Å². The van der Waals surface area contributed by atoms with Gasteiger partial charge in [-0.3, -0.25) is 4.79 Å². The van der Waals surface area contributed by atoms with Gasteiger partial charge in [0.1, 0.15) is 35.3 Å². The first kappa shape index (κ1) is 32.3. The van der Waals surface area contributed by atoms with Crippen LogP contribution in [-0.2, 0) is 14.3 Å². The van der Waals surface area contributed by atoms with Gasteiger partial charge in [0.05, 0.1) is 25.0 Å². The Balaban J connectivity index is 1.62. The number of carbonyl (C=O) groups is 3. The Morgan fingerprint density at radius 2 is 1.50 bits per heavy atom. The lowest BCUT2D eigenvalue weighted by molar-refractivity contribution is -0.150. The fraction of sp³-hybridized carbons (Fsp3) is 0.412. The maximum absolute atomic E-state index is 13.9. The Kier molecular flexibility index (Phi) is 9.51. The summed E-state index contributed by atoms with van der Waals surface area (Å²) < 4.78 is 17.1. The van der Waals surface area contributed by atoms with E-state index in [0.717, 1.165) is 16.9 Å². The van der Waals surface area contributed by atoms with Crippen molar-refractivity contribution in [3.8, 4) is 34.0 Å². The molecule has 234 valence electrons. The first-order valence-electron chi connectivity index (χ1n) is 14.6. The van der Waals surface area contributed by atoms with E-state index in [1.807, 2.05) is 60.7 Å². The highest BCUT2D eigenvalue weighted by Gasteiger charge is 2.46. The molecule has 0 spiro atoms. The predicted octanol–water partition coefficient (Wildman–Crippen LogP) is 5.80. The van der Waals surface area contributed by atoms with Gasteiger partial charge in [-0.1, -0.05) is 51.1 Å². The van der Waals surface area contributed by atoms with Gasteiger partial charge in [0.2, 0.25) is 5.91 Å². The van der Waals surface area contributed by atoms with Crippen LogP contribution in [0, 0.1) is 5.41 Å². The normalized spacial score (nSPS) is 17.5. The number of likely N-dealkylation sites (tertiary alicyclic amines) is 1. The molecule has 0 saturated carbocycles. The molecule has 1 saturated heterocycles. The Morgan fingerprint density at radius 1 is 0.909 bits per heavy atom. The van der Waals surface area contributed by atoms with Gasteiger partial charge in [0.25, 0.3) is 0 Å². The minimum atomic E-state index is -1.15. The zero-order chi connectivity index (χ0) is 32.2. The molecule has 0 bridgehead atoms. The Bertz CT molecular complexity index is 1480. The number of aromatic nitrogens is 1. The lowest BCUT2D eigenvalue weighted by atomic mass is 9.85. The quantitative estimate of drug-likeness (QED) is 0.331. The molecule has 0 aliphatic carbocycles. The number of rotatable bonds is 8. The zero-order valence-electron chi connectivity index (χ0n) is 26.3. The van der Waals surface area contributed by atoms with Crippen molar-refractivity contribution in [1.82, 2.24) is 15.2 Å². The standard InChI is InChI=1S/C34H41N3O7/c1-33(2,3)29(36-32(41)44-34(4,5)6)30(38)37-20-25(19-28(37)31(39)40)43-24-17-26(21-11-9-8-10-12-21)35-27(18-24)22-13-15-23(42-7)16-14-22/h8-18,25,28-29H,19-20H2,1-7H3,(H,36,41)(H,39,40). The molecule has 44 heavy (non-hydrogen) atoms. The van der Waals surface area contributed by atoms with E-state index >= 15 is 0 Å². The van der Waals surface area contributed by atoms with Gasteiger partial charge in [-0.05, 0) is 50.5 Å². The summed E-state index contributed by atoms with van der Waals surface area (Å²) >= 11 is 0. The SMILES string of the molecule is COc1ccc(-c2cc(OC3CC(C(=O)O)N(C(=O)C(NC(=O)OC(C)(C)C)C(C)(C)C)C3)cc(-c3ccccc3)n2)cc1. The molecule has 3 aromatic rings. The van der Waals surface area contributed by atoms with Crippen molar-refractivity contribution >= 4 is 18.0 Å². The lowest BCUT2D eigenvalue weighted by Gasteiger charge is -2.35. The van der Waals surface area contributed by atoms with Crippen LogP contribution in [0.15, 0.2) is 66.7 Å². The number of nitrogens with zero attached hydrogens (tertiary/aromatic N) is 2. The topological polar surface area (TPSA) is 127 Å². The molecule has 2 N–H and O–H groups in total. The van der Waals surface area contributed by atoms with Crippen LogP contribution in [0.2, 0.25) is 0 Å². The van der Waals surface area contributed by atoms with Crippen molar-refractivity contribution in [2.45, 2.75) is 71.8 Å². The maximum atomic E-state index is 13.9. The van der Waals surface area contributed by atoms with Crippen molar-refractivity contribution in [2.75, 3.05) is 13.7 Å². The van der Waals surface area contributed by atoms with Crippen molar-refractivity contribution in [1.29, 1.82) is 0 Å². The second kappa shape index (κ2) is 13.0.